The van der Waals surface area contributed by atoms with Crippen LogP contribution < -0.4 is 5.72 Å². The maximum Gasteiger partial charge on any atom is 0.189 e. The summed E-state index contributed by atoms with van der Waals surface area (Å²) < 4.78 is 2.09. The highest BCUT2D eigenvalue weighted by molar-refractivity contribution is 6.29. The maximum atomic E-state index is 4.45. The smallest absolute Gasteiger partial charge is 0.189 e. The zero-order chi connectivity index (χ0) is 11.2. The van der Waals surface area contributed by atoms with Crippen LogP contribution in [0.2, 0.25) is 0 Å². The van der Waals surface area contributed by atoms with Gasteiger partial charge in [-0.2, -0.15) is 0 Å². The Morgan fingerprint density at radius 3 is 2.53 bits per heavy atom. The van der Waals surface area contributed by atoms with Crippen LogP contribution in [0.25, 0.3) is 11.2 Å². The van der Waals surface area contributed by atoms with E-state index in [1.165, 1.54) is 0 Å². The van der Waals surface area contributed by atoms with E-state index in [0.717, 1.165) is 22.6 Å². The second-order valence-electron chi connectivity index (χ2n) is 4.81. The van der Waals surface area contributed by atoms with Crippen LogP contribution in [0, 0.1) is 6.92 Å². The lowest BCUT2D eigenvalue weighted by molar-refractivity contribution is 0.406. The van der Waals surface area contributed by atoms with Crippen LogP contribution in [0.1, 0.15) is 26.5 Å². The Morgan fingerprint density at radius 1 is 1.27 bits per heavy atom. The summed E-state index contributed by atoms with van der Waals surface area (Å²) in [5, 5.41) is 0. The molecule has 2 aromatic rings. The molecule has 2 heterocycles. The third-order valence-electron chi connectivity index (χ3n) is 2.40. The van der Waals surface area contributed by atoms with Gasteiger partial charge in [0.15, 0.2) is 13.5 Å². The summed E-state index contributed by atoms with van der Waals surface area (Å²) in [4.78, 5) is 13.1. The number of aromatic nitrogens is 4. The fraction of sp³-hybridized carbons (Fsp3) is 0.500. The van der Waals surface area contributed by atoms with Crippen molar-refractivity contribution in [2.45, 2.75) is 33.2 Å². The van der Waals surface area contributed by atoms with E-state index < -0.39 is 0 Å². The van der Waals surface area contributed by atoms with Gasteiger partial charge in [0.1, 0.15) is 5.52 Å². The number of aryl methyl sites for hydroxylation is 1. The molecule has 0 aromatic carbocycles. The predicted molar refractivity (Wildman–Crippen MR) is 63.2 cm³/mol. The van der Waals surface area contributed by atoms with Crippen molar-refractivity contribution >= 4 is 24.7 Å². The minimum absolute atomic E-state index is 0.00197. The lowest BCUT2D eigenvalue weighted by Gasteiger charge is -2.20. The van der Waals surface area contributed by atoms with Crippen LogP contribution in [-0.2, 0) is 5.54 Å². The summed E-state index contributed by atoms with van der Waals surface area (Å²) in [6.45, 7) is 8.39. The molecule has 0 fully saturated rings. The molecule has 0 aliphatic rings. The third-order valence-corrected chi connectivity index (χ3v) is 2.40. The maximum absolute atomic E-state index is 4.45. The van der Waals surface area contributed by atoms with Crippen molar-refractivity contribution in [1.29, 1.82) is 0 Å². The normalized spacial score (nSPS) is 12.3. The average molecular weight is 202 g/mol. The molecule has 0 spiro atoms. The van der Waals surface area contributed by atoms with E-state index in [-0.39, 0.29) is 5.54 Å². The lowest BCUT2D eigenvalue weighted by Crippen LogP contribution is -2.23. The van der Waals surface area contributed by atoms with Crippen molar-refractivity contribution in [2.75, 3.05) is 0 Å². The van der Waals surface area contributed by atoms with Crippen molar-refractivity contribution in [1.82, 2.24) is 19.5 Å². The summed E-state index contributed by atoms with van der Waals surface area (Å²) in [6.07, 6.45) is 1.84. The molecule has 2 aromatic heterocycles. The molecule has 0 N–H and O–H groups in total. The molecule has 78 valence electrons. The molecule has 5 heteroatoms. The first-order valence-electron chi connectivity index (χ1n) is 5.08. The van der Waals surface area contributed by atoms with Gasteiger partial charge in [0.2, 0.25) is 0 Å². The topological polar surface area (TPSA) is 43.6 Å². The zero-order valence-electron chi connectivity index (χ0n) is 9.87. The van der Waals surface area contributed by atoms with Crippen LogP contribution in [0.5, 0.6) is 0 Å². The summed E-state index contributed by atoms with van der Waals surface area (Å²) in [7, 11) is 1.91. The predicted octanol–water partition coefficient (Wildman–Crippen LogP) is 0.148. The summed E-state index contributed by atoms with van der Waals surface area (Å²) in [5.41, 5.74) is 3.57. The van der Waals surface area contributed by atoms with Gasteiger partial charge in [0.05, 0.1) is 17.7 Å². The second kappa shape index (κ2) is 3.05. The Hall–Kier alpha value is -1.39. The van der Waals surface area contributed by atoms with Gasteiger partial charge in [-0.3, -0.25) is 0 Å². The highest BCUT2D eigenvalue weighted by Crippen LogP contribution is 2.20. The van der Waals surface area contributed by atoms with Gasteiger partial charge >= 0.3 is 0 Å². The van der Waals surface area contributed by atoms with Crippen LogP contribution >= 0.6 is 0 Å². The number of hydrogen-bond acceptors (Lipinski definition) is 3. The largest absolute Gasteiger partial charge is 0.310 e. The van der Waals surface area contributed by atoms with E-state index >= 15 is 0 Å². The van der Waals surface area contributed by atoms with Gasteiger partial charge in [0.25, 0.3) is 0 Å². The number of nitrogens with zero attached hydrogens (tertiary/aromatic N) is 4. The van der Waals surface area contributed by atoms with Crippen molar-refractivity contribution in [3.8, 4) is 0 Å². The number of imidazole rings is 1. The Morgan fingerprint density at radius 2 is 1.93 bits per heavy atom. The van der Waals surface area contributed by atoms with Crippen LogP contribution in [0.3, 0.4) is 0 Å². The van der Waals surface area contributed by atoms with Crippen molar-refractivity contribution < 1.29 is 0 Å². The third kappa shape index (κ3) is 1.62. The molecule has 0 unspecified atom stereocenters. The molecule has 0 aliphatic heterocycles. The Balaban J connectivity index is 2.80. The minimum Gasteiger partial charge on any atom is -0.310 e. The van der Waals surface area contributed by atoms with Crippen molar-refractivity contribution in [3.05, 3.63) is 12.0 Å². The molecule has 2 rings (SSSR count). The SMILES string of the molecule is Bc1nc(C)c2ncn(C(C)(C)C)c2n1. The quantitative estimate of drug-likeness (QED) is 0.571. The van der Waals surface area contributed by atoms with E-state index in [0.29, 0.717) is 0 Å². The van der Waals surface area contributed by atoms with Gasteiger partial charge in [-0.15, -0.1) is 0 Å². The Labute approximate surface area is 90.2 Å². The molecular weight excluding hydrogens is 187 g/mol. The number of hydrogen-bond donors (Lipinski definition) is 0. The monoisotopic (exact) mass is 202 g/mol. The van der Waals surface area contributed by atoms with E-state index in [1.807, 2.05) is 21.1 Å². The molecule has 4 nitrogen and oxygen atoms in total. The molecule has 0 aliphatic carbocycles. The molecule has 15 heavy (non-hydrogen) atoms. The number of fused-ring (bicyclic) bond motifs is 1. The Bertz CT molecular complexity index is 510. The first kappa shape index (κ1) is 10.1. The zero-order valence-corrected chi connectivity index (χ0v) is 9.87. The molecule has 0 amide bonds. The molecule has 0 saturated heterocycles. The first-order chi connectivity index (χ1) is 6.89. The summed E-state index contributed by atoms with van der Waals surface area (Å²) >= 11 is 0. The highest BCUT2D eigenvalue weighted by atomic mass is 15.2. The van der Waals surface area contributed by atoms with E-state index in [1.54, 1.807) is 0 Å². The number of rotatable bonds is 0. The fourth-order valence-corrected chi connectivity index (χ4v) is 1.67. The molecular formula is C10H15BN4. The van der Waals surface area contributed by atoms with Crippen LogP contribution in [0.15, 0.2) is 6.33 Å². The van der Waals surface area contributed by atoms with Crippen molar-refractivity contribution in [2.24, 2.45) is 0 Å². The highest BCUT2D eigenvalue weighted by Gasteiger charge is 2.18. The van der Waals surface area contributed by atoms with Gasteiger partial charge < -0.3 is 4.57 Å². The van der Waals surface area contributed by atoms with Crippen LogP contribution in [-0.4, -0.2) is 27.4 Å². The fourth-order valence-electron chi connectivity index (χ4n) is 1.67. The van der Waals surface area contributed by atoms with Gasteiger partial charge in [-0.25, -0.2) is 15.0 Å². The summed E-state index contributed by atoms with van der Waals surface area (Å²) in [6, 6.07) is 0. The first-order valence-corrected chi connectivity index (χ1v) is 5.08. The minimum atomic E-state index is 0.00197. The molecule has 0 saturated carbocycles. The molecule has 0 bridgehead atoms. The van der Waals surface area contributed by atoms with Gasteiger partial charge in [0, 0.05) is 5.54 Å². The second-order valence-corrected chi connectivity index (χ2v) is 4.81. The van der Waals surface area contributed by atoms with Gasteiger partial charge in [-0.05, 0) is 27.7 Å². The van der Waals surface area contributed by atoms with E-state index in [2.05, 4.69) is 40.3 Å². The van der Waals surface area contributed by atoms with Crippen LogP contribution in [0.4, 0.5) is 0 Å². The van der Waals surface area contributed by atoms with E-state index in [4.69, 9.17) is 0 Å². The average Bonchev–Trinajstić information content (AvgIpc) is 2.45. The van der Waals surface area contributed by atoms with Crippen molar-refractivity contribution in [3.63, 3.8) is 0 Å². The standard InChI is InChI=1S/C10H15BN4/c1-6-7-8(14-9(11)13-6)15(5-12-7)10(2,3)4/h5H,11H2,1-4H3. The summed E-state index contributed by atoms with van der Waals surface area (Å²) in [5.74, 6) is 0. The van der Waals surface area contributed by atoms with E-state index in [9.17, 15) is 0 Å². The Kier molecular flexibility index (Phi) is 2.06. The van der Waals surface area contributed by atoms with Gasteiger partial charge in [-0.1, -0.05) is 0 Å². The molecule has 0 atom stereocenters. The lowest BCUT2D eigenvalue weighted by atomic mass is 10.1. The molecule has 0 radical (unpaired) electrons.